The van der Waals surface area contributed by atoms with E-state index in [-0.39, 0.29) is 5.60 Å². The lowest BCUT2D eigenvalue weighted by atomic mass is 9.98. The summed E-state index contributed by atoms with van der Waals surface area (Å²) in [6.07, 6.45) is 10.5. The molecule has 1 saturated heterocycles. The standard InChI is InChI=1S/C18H27NO/c1-2-7-15-8-3-4-9-17(15)19-14-16-10-13-18(20-16)11-5-6-12-18/h3-4,8-9,16,19H,2,5-7,10-14H2,1H3. The highest BCUT2D eigenvalue weighted by molar-refractivity contribution is 5.51. The summed E-state index contributed by atoms with van der Waals surface area (Å²) in [7, 11) is 0. The molecule has 1 aromatic rings. The smallest absolute Gasteiger partial charge is 0.0756 e. The van der Waals surface area contributed by atoms with Gasteiger partial charge in [-0.25, -0.2) is 0 Å². The monoisotopic (exact) mass is 273 g/mol. The van der Waals surface area contributed by atoms with Crippen molar-refractivity contribution in [3.63, 3.8) is 0 Å². The zero-order chi connectivity index (χ0) is 13.8. The molecule has 1 N–H and O–H groups in total. The number of ether oxygens (including phenoxy) is 1. The van der Waals surface area contributed by atoms with Gasteiger partial charge in [-0.05, 0) is 43.7 Å². The van der Waals surface area contributed by atoms with E-state index in [4.69, 9.17) is 4.74 Å². The fourth-order valence-electron chi connectivity index (χ4n) is 3.83. The highest BCUT2D eigenvalue weighted by Gasteiger charge is 2.41. The maximum absolute atomic E-state index is 6.37. The van der Waals surface area contributed by atoms with Gasteiger partial charge in [0, 0.05) is 12.2 Å². The Kier molecular flexibility index (Phi) is 4.30. The molecule has 1 saturated carbocycles. The van der Waals surface area contributed by atoms with Crippen molar-refractivity contribution in [2.24, 2.45) is 0 Å². The van der Waals surface area contributed by atoms with Crippen LogP contribution in [0.1, 0.15) is 57.4 Å². The summed E-state index contributed by atoms with van der Waals surface area (Å²) in [6.45, 7) is 3.20. The Morgan fingerprint density at radius 2 is 2.00 bits per heavy atom. The second kappa shape index (κ2) is 6.17. The van der Waals surface area contributed by atoms with E-state index >= 15 is 0 Å². The number of anilines is 1. The molecular formula is C18H27NO. The van der Waals surface area contributed by atoms with Crippen LogP contribution in [0.5, 0.6) is 0 Å². The summed E-state index contributed by atoms with van der Waals surface area (Å²) in [5.41, 5.74) is 2.99. The van der Waals surface area contributed by atoms with Crippen molar-refractivity contribution in [3.8, 4) is 0 Å². The molecule has 1 aliphatic carbocycles. The van der Waals surface area contributed by atoms with E-state index in [0.717, 1.165) is 13.0 Å². The van der Waals surface area contributed by atoms with Crippen LogP contribution in [0.4, 0.5) is 5.69 Å². The maximum Gasteiger partial charge on any atom is 0.0756 e. The third kappa shape index (κ3) is 3.01. The molecule has 0 bridgehead atoms. The van der Waals surface area contributed by atoms with Crippen LogP contribution in [0.25, 0.3) is 0 Å². The molecule has 2 aliphatic rings. The lowest BCUT2D eigenvalue weighted by Gasteiger charge is -2.24. The molecule has 1 spiro atoms. The largest absolute Gasteiger partial charge is 0.382 e. The number of rotatable bonds is 5. The Morgan fingerprint density at radius 1 is 1.20 bits per heavy atom. The van der Waals surface area contributed by atoms with Gasteiger partial charge < -0.3 is 10.1 Å². The van der Waals surface area contributed by atoms with Gasteiger partial charge in [0.05, 0.1) is 11.7 Å². The Labute approximate surface area is 122 Å². The van der Waals surface area contributed by atoms with E-state index < -0.39 is 0 Å². The van der Waals surface area contributed by atoms with Gasteiger partial charge in [-0.3, -0.25) is 0 Å². The fourth-order valence-corrected chi connectivity index (χ4v) is 3.83. The zero-order valence-electron chi connectivity index (χ0n) is 12.7. The van der Waals surface area contributed by atoms with Crippen LogP contribution in [0.2, 0.25) is 0 Å². The van der Waals surface area contributed by atoms with Crippen molar-refractivity contribution in [1.29, 1.82) is 0 Å². The number of para-hydroxylation sites is 1. The SMILES string of the molecule is CCCc1ccccc1NCC1CCC2(CCCC2)O1. The summed E-state index contributed by atoms with van der Waals surface area (Å²) >= 11 is 0. The van der Waals surface area contributed by atoms with Gasteiger partial charge in [-0.2, -0.15) is 0 Å². The third-order valence-corrected chi connectivity index (χ3v) is 4.91. The Hall–Kier alpha value is -1.02. The van der Waals surface area contributed by atoms with Crippen LogP contribution in [0.3, 0.4) is 0 Å². The Morgan fingerprint density at radius 3 is 2.80 bits per heavy atom. The highest BCUT2D eigenvalue weighted by Crippen LogP contribution is 2.43. The molecule has 110 valence electrons. The molecule has 0 amide bonds. The average molecular weight is 273 g/mol. The molecule has 20 heavy (non-hydrogen) atoms. The van der Waals surface area contributed by atoms with Crippen molar-refractivity contribution in [2.45, 2.75) is 70.0 Å². The summed E-state index contributed by atoms with van der Waals surface area (Å²) in [5.74, 6) is 0. The van der Waals surface area contributed by atoms with Gasteiger partial charge in [0.1, 0.15) is 0 Å². The van der Waals surface area contributed by atoms with Crippen LogP contribution in [0.15, 0.2) is 24.3 Å². The lowest BCUT2D eigenvalue weighted by Crippen LogP contribution is -2.28. The van der Waals surface area contributed by atoms with Crippen LogP contribution >= 0.6 is 0 Å². The summed E-state index contributed by atoms with van der Waals surface area (Å²) < 4.78 is 6.37. The molecule has 2 fully saturated rings. The number of aryl methyl sites for hydroxylation is 1. The summed E-state index contributed by atoms with van der Waals surface area (Å²) in [5, 5.41) is 3.62. The van der Waals surface area contributed by atoms with Gasteiger partial charge in [0.25, 0.3) is 0 Å². The lowest BCUT2D eigenvalue weighted by molar-refractivity contribution is -0.0307. The van der Waals surface area contributed by atoms with Gasteiger partial charge in [0.2, 0.25) is 0 Å². The van der Waals surface area contributed by atoms with Crippen molar-refractivity contribution in [3.05, 3.63) is 29.8 Å². The minimum absolute atomic E-state index is 0.259. The van der Waals surface area contributed by atoms with Crippen molar-refractivity contribution >= 4 is 5.69 Å². The van der Waals surface area contributed by atoms with E-state index in [1.54, 1.807) is 0 Å². The molecular weight excluding hydrogens is 246 g/mol. The Bertz CT molecular complexity index is 437. The predicted molar refractivity (Wildman–Crippen MR) is 84.2 cm³/mol. The second-order valence-corrected chi connectivity index (χ2v) is 6.46. The average Bonchev–Trinajstić information content (AvgIpc) is 3.09. The number of benzene rings is 1. The summed E-state index contributed by atoms with van der Waals surface area (Å²) in [4.78, 5) is 0. The molecule has 3 rings (SSSR count). The van der Waals surface area contributed by atoms with E-state index in [9.17, 15) is 0 Å². The van der Waals surface area contributed by atoms with E-state index in [1.165, 1.54) is 56.2 Å². The fraction of sp³-hybridized carbons (Fsp3) is 0.667. The maximum atomic E-state index is 6.37. The first-order valence-electron chi connectivity index (χ1n) is 8.31. The zero-order valence-corrected chi connectivity index (χ0v) is 12.7. The van der Waals surface area contributed by atoms with Crippen LogP contribution in [-0.4, -0.2) is 18.2 Å². The van der Waals surface area contributed by atoms with E-state index in [0.29, 0.717) is 6.10 Å². The number of hydrogen-bond acceptors (Lipinski definition) is 2. The Balaban J connectivity index is 1.55. The predicted octanol–water partition coefficient (Wildman–Crippen LogP) is 4.54. The van der Waals surface area contributed by atoms with Crippen molar-refractivity contribution in [1.82, 2.24) is 0 Å². The molecule has 0 radical (unpaired) electrons. The summed E-state index contributed by atoms with van der Waals surface area (Å²) in [6, 6.07) is 8.69. The highest BCUT2D eigenvalue weighted by atomic mass is 16.5. The first kappa shape index (κ1) is 13.9. The quantitative estimate of drug-likeness (QED) is 0.850. The van der Waals surface area contributed by atoms with Crippen LogP contribution < -0.4 is 5.32 Å². The van der Waals surface area contributed by atoms with Gasteiger partial charge in [0.15, 0.2) is 0 Å². The number of nitrogens with one attached hydrogen (secondary N) is 1. The second-order valence-electron chi connectivity index (χ2n) is 6.46. The molecule has 2 heteroatoms. The number of hydrogen-bond donors (Lipinski definition) is 1. The topological polar surface area (TPSA) is 21.3 Å². The molecule has 0 aromatic heterocycles. The minimum atomic E-state index is 0.259. The minimum Gasteiger partial charge on any atom is -0.382 e. The van der Waals surface area contributed by atoms with E-state index in [1.807, 2.05) is 0 Å². The van der Waals surface area contributed by atoms with Crippen molar-refractivity contribution in [2.75, 3.05) is 11.9 Å². The molecule has 1 heterocycles. The first-order chi connectivity index (χ1) is 9.81. The van der Waals surface area contributed by atoms with Crippen LogP contribution in [0, 0.1) is 0 Å². The van der Waals surface area contributed by atoms with Crippen molar-refractivity contribution < 1.29 is 4.74 Å². The van der Waals surface area contributed by atoms with Gasteiger partial charge >= 0.3 is 0 Å². The molecule has 1 atom stereocenters. The van der Waals surface area contributed by atoms with Gasteiger partial charge in [-0.1, -0.05) is 44.4 Å². The van der Waals surface area contributed by atoms with Gasteiger partial charge in [-0.15, -0.1) is 0 Å². The normalized spacial score (nSPS) is 24.4. The third-order valence-electron chi connectivity index (χ3n) is 4.91. The molecule has 1 unspecified atom stereocenters. The van der Waals surface area contributed by atoms with Crippen LogP contribution in [-0.2, 0) is 11.2 Å². The molecule has 1 aliphatic heterocycles. The first-order valence-corrected chi connectivity index (χ1v) is 8.31. The van der Waals surface area contributed by atoms with E-state index in [2.05, 4.69) is 36.5 Å². The molecule has 2 nitrogen and oxygen atoms in total. The molecule has 1 aromatic carbocycles.